The molecule has 12 heteroatoms. The molecule has 7 bridgehead atoms. The van der Waals surface area contributed by atoms with Crippen LogP contribution >= 0.6 is 0 Å². The number of ketones is 1. The summed E-state index contributed by atoms with van der Waals surface area (Å²) in [5, 5.41) is 11.1. The van der Waals surface area contributed by atoms with Gasteiger partial charge in [-0.3, -0.25) is 9.69 Å². The predicted octanol–water partition coefficient (Wildman–Crippen LogP) is -1.11. The van der Waals surface area contributed by atoms with Gasteiger partial charge < -0.3 is 20.1 Å². The average Bonchev–Trinajstić information content (AvgIpc) is 2.70. The van der Waals surface area contributed by atoms with Crippen molar-refractivity contribution >= 4 is 16.2 Å². The van der Waals surface area contributed by atoms with Crippen molar-refractivity contribution in [1.29, 1.82) is 0 Å². The molecule has 0 unspecified atom stereocenters. The monoisotopic (exact) mass is 443 g/mol. The van der Waals surface area contributed by atoms with Crippen LogP contribution in [-0.2, 0) is 35.0 Å². The number of benzene rings is 1. The first kappa shape index (κ1) is 21.2. The van der Waals surface area contributed by atoms with E-state index in [4.69, 9.17) is 18.5 Å². The molecular weight excluding hydrogens is 422 g/mol. The van der Waals surface area contributed by atoms with Crippen molar-refractivity contribution in [3.8, 4) is 11.5 Å². The number of nitrogens with zero attached hydrogens (tertiary/aromatic N) is 1. The number of hydrogen-bond donors (Lipinski definition) is 1. The molecule has 30 heavy (non-hydrogen) atoms. The van der Waals surface area contributed by atoms with Gasteiger partial charge in [-0.05, 0) is 37.2 Å². The van der Waals surface area contributed by atoms with E-state index < -0.39 is 39.6 Å². The number of fused-ring (bicyclic) bond motifs is 2. The van der Waals surface area contributed by atoms with Crippen molar-refractivity contribution in [2.75, 3.05) is 20.7 Å². The number of Topliss-reactive ketones (excluding diaryl/α,β-unsaturated/α-hetero) is 1. The van der Waals surface area contributed by atoms with Gasteiger partial charge in [-0.25, -0.2) is 4.18 Å². The topological polar surface area (TPSA) is 152 Å². The lowest BCUT2D eigenvalue weighted by atomic mass is 9.65. The number of rotatable bonds is 1. The molecule has 3 aliphatic heterocycles. The third kappa shape index (κ3) is 2.80. The largest absolute Gasteiger partial charge is 0.493 e. The van der Waals surface area contributed by atoms with Gasteiger partial charge >= 0.3 is 10.4 Å². The summed E-state index contributed by atoms with van der Waals surface area (Å²) in [6.07, 6.45) is 1.70. The molecule has 0 amide bonds. The van der Waals surface area contributed by atoms with Gasteiger partial charge in [0.2, 0.25) is 0 Å². The van der Waals surface area contributed by atoms with Crippen LogP contribution in [0, 0.1) is 5.92 Å². The molecule has 0 saturated carbocycles. The number of likely N-dealkylation sites (N-methyl/N-ethyl adjacent to an activating group) is 1. The minimum absolute atomic E-state index is 0. The van der Waals surface area contributed by atoms with Crippen molar-refractivity contribution in [3.05, 3.63) is 35.9 Å². The van der Waals surface area contributed by atoms with Crippen LogP contribution in [0.2, 0.25) is 0 Å². The van der Waals surface area contributed by atoms with Crippen LogP contribution in [0.15, 0.2) is 30.4 Å². The number of methoxy groups -OCH3 is 1. The lowest BCUT2D eigenvalue weighted by Crippen LogP contribution is -2.74. The van der Waals surface area contributed by atoms with Crippen molar-refractivity contribution in [3.63, 3.8) is 0 Å². The van der Waals surface area contributed by atoms with Crippen LogP contribution in [0.4, 0.5) is 0 Å². The molecule has 2 saturated heterocycles. The second-order valence-corrected chi connectivity index (χ2v) is 8.78. The summed E-state index contributed by atoms with van der Waals surface area (Å²) >= 11 is 0. The molecule has 0 aromatic heterocycles. The van der Waals surface area contributed by atoms with Gasteiger partial charge in [0, 0.05) is 12.0 Å². The van der Waals surface area contributed by atoms with Gasteiger partial charge in [0.15, 0.2) is 29.0 Å². The molecule has 1 aromatic rings. The first-order chi connectivity index (χ1) is 13.7. The first-order valence-electron chi connectivity index (χ1n) is 9.00. The Morgan fingerprint density at radius 3 is 2.83 bits per heavy atom. The number of carbonyl (C=O) groups is 1. The smallest absolute Gasteiger partial charge is 0.427 e. The molecule has 3 N–H and O–H groups in total. The van der Waals surface area contributed by atoms with Crippen LogP contribution in [0.25, 0.3) is 0 Å². The van der Waals surface area contributed by atoms with Crippen molar-refractivity contribution < 1.29 is 46.7 Å². The maximum absolute atomic E-state index is 13.3. The zero-order chi connectivity index (χ0) is 20.6. The first-order valence-corrected chi connectivity index (χ1v) is 10.3. The normalized spacial score (nSPS) is 38.8. The van der Waals surface area contributed by atoms with E-state index in [9.17, 15) is 18.3 Å². The molecule has 1 aromatic carbocycles. The summed E-state index contributed by atoms with van der Waals surface area (Å²) in [6.45, 7) is -0.104. The van der Waals surface area contributed by atoms with Gasteiger partial charge in [0.05, 0.1) is 13.7 Å². The maximum atomic E-state index is 13.3. The van der Waals surface area contributed by atoms with Gasteiger partial charge in [-0.15, -0.1) is 0 Å². The van der Waals surface area contributed by atoms with Crippen molar-refractivity contribution in [1.82, 2.24) is 4.90 Å². The Morgan fingerprint density at radius 2 is 2.10 bits per heavy atom. The molecule has 5 rings (SSSR count). The molecule has 2 fully saturated rings. The second-order valence-electron chi connectivity index (χ2n) is 7.67. The molecule has 3 heterocycles. The maximum Gasteiger partial charge on any atom is 0.427 e. The minimum Gasteiger partial charge on any atom is -0.493 e. The Hall–Kier alpha value is -2.06. The van der Waals surface area contributed by atoms with Gasteiger partial charge in [0.25, 0.3) is 5.79 Å². The molecule has 1 spiro atoms. The summed E-state index contributed by atoms with van der Waals surface area (Å²) < 4.78 is 45.8. The minimum atomic E-state index is -4.77. The molecule has 4 aliphatic rings. The van der Waals surface area contributed by atoms with Crippen molar-refractivity contribution in [2.24, 2.45) is 5.92 Å². The van der Waals surface area contributed by atoms with Crippen LogP contribution in [0.1, 0.15) is 5.56 Å². The van der Waals surface area contributed by atoms with Crippen LogP contribution in [0.3, 0.4) is 0 Å². The highest BCUT2D eigenvalue weighted by Crippen LogP contribution is 2.51. The van der Waals surface area contributed by atoms with Crippen LogP contribution in [0.5, 0.6) is 11.5 Å². The number of carbonyl (C=O) groups excluding carboxylic acids is 1. The molecule has 11 nitrogen and oxygen atoms in total. The van der Waals surface area contributed by atoms with Gasteiger partial charge in [-0.2, -0.15) is 13.3 Å². The molecule has 0 radical (unpaired) electrons. The zero-order valence-corrected chi connectivity index (χ0v) is 16.9. The summed E-state index contributed by atoms with van der Waals surface area (Å²) in [4.78, 5) is 20.0. The third-order valence-corrected chi connectivity index (χ3v) is 6.74. The summed E-state index contributed by atoms with van der Waals surface area (Å²) in [5.41, 5.74) is -1.18. The quantitative estimate of drug-likeness (QED) is 0.418. The van der Waals surface area contributed by atoms with E-state index in [1.165, 1.54) is 19.3 Å². The molecule has 5 atom stereocenters. The van der Waals surface area contributed by atoms with E-state index in [2.05, 4.69) is 4.33 Å². The summed E-state index contributed by atoms with van der Waals surface area (Å²) in [6, 6.07) is 4.99. The van der Waals surface area contributed by atoms with Crippen LogP contribution in [-0.4, -0.2) is 73.9 Å². The summed E-state index contributed by atoms with van der Waals surface area (Å²) in [5.74, 6) is -3.14. The zero-order valence-electron chi connectivity index (χ0n) is 16.1. The lowest BCUT2D eigenvalue weighted by molar-refractivity contribution is -0.369. The lowest BCUT2D eigenvalue weighted by Gasteiger charge is -2.53. The third-order valence-electron chi connectivity index (χ3n) is 6.02. The second kappa shape index (κ2) is 6.72. The van der Waals surface area contributed by atoms with Crippen LogP contribution < -0.4 is 9.47 Å². The van der Waals surface area contributed by atoms with E-state index in [0.29, 0.717) is 12.2 Å². The highest BCUT2D eigenvalue weighted by molar-refractivity contribution is 7.81. The number of aliphatic hydroxyl groups is 1. The molecule has 1 aliphatic carbocycles. The number of likely N-dealkylation sites (tertiary alicyclic amines) is 1. The number of ether oxygens (including phenoxy) is 2. The van der Waals surface area contributed by atoms with E-state index >= 15 is 0 Å². The average molecular weight is 443 g/mol. The Morgan fingerprint density at radius 1 is 1.33 bits per heavy atom. The number of hydrogen-bond acceptors (Lipinski definition) is 10. The van der Waals surface area contributed by atoms with Gasteiger partial charge in [0.1, 0.15) is 0 Å². The van der Waals surface area contributed by atoms with E-state index in [0.717, 1.165) is 5.56 Å². The standard InChI is InChI=1S/C18H19NO9S.H2O/c1-19-9-15(20)18-11-5-6-17(21,26-28-29(22,23)27-18)16(18)25-14-8-10(7-12(11)19)3-4-13(14)24-2;/h3-6,8,11-12,16,21H,7,9H2,1-2H3;1H2/t11-,12-,16+,17+,18-;/m1./s1. The van der Waals surface area contributed by atoms with E-state index in [1.807, 2.05) is 11.0 Å². The fraction of sp³-hybridized carbons (Fsp3) is 0.500. The number of piperidine rings is 1. The highest BCUT2D eigenvalue weighted by atomic mass is 32.3. The van der Waals surface area contributed by atoms with Gasteiger partial charge in [-0.1, -0.05) is 16.5 Å². The fourth-order valence-corrected chi connectivity index (χ4v) is 5.55. The van der Waals surface area contributed by atoms with E-state index in [1.54, 1.807) is 19.2 Å². The SMILES string of the molecule is COc1ccc2cc1O[C@@H]1[C@@]34OS(=O)(=O)OO[C@@]1(O)C=C[C@@H]3[C@@H](C2)N(C)CC4=O.O. The fourth-order valence-electron chi connectivity index (χ4n) is 4.70. The predicted molar refractivity (Wildman–Crippen MR) is 98.6 cm³/mol. The molecular formula is C18H21NO10S. The highest BCUT2D eigenvalue weighted by Gasteiger charge is 2.71. The van der Waals surface area contributed by atoms with E-state index in [-0.39, 0.29) is 23.8 Å². The van der Waals surface area contributed by atoms with Crippen molar-refractivity contribution in [2.45, 2.75) is 30.0 Å². The Kier molecular flexibility index (Phi) is 4.74. The Bertz CT molecular complexity index is 1030. The summed E-state index contributed by atoms with van der Waals surface area (Å²) in [7, 11) is -1.54. The Balaban J connectivity index is 0.00000218. The molecule has 164 valence electrons. The Labute approximate surface area is 172 Å².